The number of hydrogen-bond donors (Lipinski definition) is 1. The van der Waals surface area contributed by atoms with Gasteiger partial charge in [-0.3, -0.25) is 9.59 Å². The third-order valence-corrected chi connectivity index (χ3v) is 5.12. The predicted molar refractivity (Wildman–Crippen MR) is 125 cm³/mol. The van der Waals surface area contributed by atoms with Crippen LogP contribution in [0.4, 0.5) is 10.1 Å². The summed E-state index contributed by atoms with van der Waals surface area (Å²) in [5, 5.41) is 7.19. The molecule has 0 radical (unpaired) electrons. The maximum absolute atomic E-state index is 13.2. The lowest BCUT2D eigenvalue weighted by Crippen LogP contribution is -2.47. The highest BCUT2D eigenvalue weighted by Crippen LogP contribution is 2.24. The summed E-state index contributed by atoms with van der Waals surface area (Å²) in [4.78, 5) is 25.6. The Morgan fingerprint density at radius 3 is 2.18 bits per heavy atom. The van der Waals surface area contributed by atoms with E-state index >= 15 is 0 Å². The minimum absolute atomic E-state index is 0.369. The van der Waals surface area contributed by atoms with Crippen molar-refractivity contribution >= 4 is 11.6 Å². The highest BCUT2D eigenvalue weighted by molar-refractivity contribution is 5.96. The third-order valence-electron chi connectivity index (χ3n) is 5.12. The molecule has 4 aromatic rings. The first-order valence-electron chi connectivity index (χ1n) is 10.3. The second-order valence-corrected chi connectivity index (χ2v) is 7.93. The van der Waals surface area contributed by atoms with Crippen molar-refractivity contribution in [2.24, 2.45) is 0 Å². The second kappa shape index (κ2) is 9.08. The predicted octanol–water partition coefficient (Wildman–Crippen LogP) is 5.22. The number of carbonyl (C=O) groups is 1. The molecule has 0 saturated carbocycles. The van der Waals surface area contributed by atoms with Crippen LogP contribution in [0, 0.1) is 5.82 Å². The molecule has 0 aliphatic rings. The van der Waals surface area contributed by atoms with E-state index in [9.17, 15) is 14.0 Å². The van der Waals surface area contributed by atoms with Crippen molar-refractivity contribution in [1.82, 2.24) is 9.78 Å². The van der Waals surface area contributed by atoms with Gasteiger partial charge in [0.15, 0.2) is 0 Å². The summed E-state index contributed by atoms with van der Waals surface area (Å²) in [5.74, 6) is 0.558. The highest BCUT2D eigenvalue weighted by atomic mass is 19.1. The van der Waals surface area contributed by atoms with Gasteiger partial charge in [-0.2, -0.15) is 5.10 Å². The molecule has 7 heteroatoms. The molecule has 0 aliphatic carbocycles. The fourth-order valence-corrected chi connectivity index (χ4v) is 3.20. The second-order valence-electron chi connectivity index (χ2n) is 7.93. The lowest BCUT2D eigenvalue weighted by atomic mass is 10.0. The van der Waals surface area contributed by atoms with Crippen LogP contribution in [0.3, 0.4) is 0 Å². The number of halogens is 1. The van der Waals surface area contributed by atoms with Crippen molar-refractivity contribution in [2.75, 3.05) is 5.32 Å². The molecule has 166 valence electrons. The molecule has 1 heterocycles. The summed E-state index contributed by atoms with van der Waals surface area (Å²) >= 11 is 0. The number of para-hydroxylation sites is 1. The van der Waals surface area contributed by atoms with Gasteiger partial charge in [-0.05, 0) is 80.6 Å². The Hall–Kier alpha value is -4.26. The molecule has 3 aromatic carbocycles. The number of ether oxygens (including phenoxy) is 1. The van der Waals surface area contributed by atoms with Crippen LogP contribution in [0.1, 0.15) is 13.8 Å². The van der Waals surface area contributed by atoms with E-state index in [1.54, 1.807) is 56.3 Å². The van der Waals surface area contributed by atoms with Crippen LogP contribution in [-0.2, 0) is 10.3 Å². The van der Waals surface area contributed by atoms with Crippen molar-refractivity contribution in [3.8, 4) is 22.8 Å². The molecular weight excluding hydrogens is 421 g/mol. The molecule has 0 fully saturated rings. The number of nitrogens with zero attached hydrogens (tertiary/aromatic N) is 2. The SMILES string of the molecule is CC(C)(C(=O)Nc1ccc(Oc2ccccc2)cc1)n1nc(-c2ccc(F)cc2)ccc1=O. The topological polar surface area (TPSA) is 73.2 Å². The van der Waals surface area contributed by atoms with Crippen molar-refractivity contribution < 1.29 is 13.9 Å². The Kier molecular flexibility index (Phi) is 6.04. The van der Waals surface area contributed by atoms with E-state index in [2.05, 4.69) is 10.4 Å². The summed E-state index contributed by atoms with van der Waals surface area (Å²) in [7, 11) is 0. The van der Waals surface area contributed by atoms with Crippen LogP contribution in [-0.4, -0.2) is 15.7 Å². The van der Waals surface area contributed by atoms with E-state index in [0.717, 1.165) is 4.68 Å². The minimum atomic E-state index is -1.29. The lowest BCUT2D eigenvalue weighted by molar-refractivity contribution is -0.123. The van der Waals surface area contributed by atoms with Crippen molar-refractivity contribution in [2.45, 2.75) is 19.4 Å². The van der Waals surface area contributed by atoms with Gasteiger partial charge in [-0.1, -0.05) is 18.2 Å². The zero-order chi connectivity index (χ0) is 23.4. The van der Waals surface area contributed by atoms with E-state index in [0.29, 0.717) is 28.4 Å². The van der Waals surface area contributed by atoms with Crippen molar-refractivity contribution in [3.05, 3.63) is 107 Å². The molecule has 1 amide bonds. The summed E-state index contributed by atoms with van der Waals surface area (Å²) in [6.45, 7) is 3.22. The number of nitrogens with one attached hydrogen (secondary N) is 1. The number of hydrogen-bond acceptors (Lipinski definition) is 4. The molecule has 4 rings (SSSR count). The van der Waals surface area contributed by atoms with Crippen LogP contribution < -0.4 is 15.6 Å². The first-order valence-corrected chi connectivity index (χ1v) is 10.3. The fraction of sp³-hybridized carbons (Fsp3) is 0.115. The van der Waals surface area contributed by atoms with Crippen LogP contribution in [0.15, 0.2) is 95.8 Å². The lowest BCUT2D eigenvalue weighted by Gasteiger charge is -2.25. The van der Waals surface area contributed by atoms with E-state index in [4.69, 9.17) is 4.74 Å². The average molecular weight is 443 g/mol. The highest BCUT2D eigenvalue weighted by Gasteiger charge is 2.32. The van der Waals surface area contributed by atoms with E-state index < -0.39 is 17.0 Å². The number of carbonyl (C=O) groups excluding carboxylic acids is 1. The van der Waals surface area contributed by atoms with Gasteiger partial charge in [0.2, 0.25) is 0 Å². The normalized spacial score (nSPS) is 11.1. The standard InChI is InChI=1S/C26H22FN3O3/c1-26(2,30-24(31)17-16-23(29-30)18-8-10-19(27)11-9-18)25(32)28-20-12-14-22(15-13-20)33-21-6-4-3-5-7-21/h3-17H,1-2H3,(H,28,32). The van der Waals surface area contributed by atoms with E-state index in [-0.39, 0.29) is 5.82 Å². The minimum Gasteiger partial charge on any atom is -0.457 e. The molecule has 0 bridgehead atoms. The van der Waals surface area contributed by atoms with Crippen molar-refractivity contribution in [3.63, 3.8) is 0 Å². The molecule has 0 atom stereocenters. The number of anilines is 1. The first-order chi connectivity index (χ1) is 15.8. The van der Waals surface area contributed by atoms with E-state index in [1.807, 2.05) is 30.3 Å². The number of benzene rings is 3. The van der Waals surface area contributed by atoms with Crippen molar-refractivity contribution in [1.29, 1.82) is 0 Å². The van der Waals surface area contributed by atoms with Gasteiger partial charge in [0.1, 0.15) is 22.9 Å². The largest absolute Gasteiger partial charge is 0.457 e. The van der Waals surface area contributed by atoms with Gasteiger partial charge in [0.05, 0.1) is 5.69 Å². The molecular formula is C26H22FN3O3. The average Bonchev–Trinajstić information content (AvgIpc) is 2.82. The Labute approximate surface area is 190 Å². The Morgan fingerprint density at radius 1 is 0.879 bits per heavy atom. The number of amides is 1. The van der Waals surface area contributed by atoms with E-state index in [1.165, 1.54) is 18.2 Å². The number of rotatable bonds is 6. The smallest absolute Gasteiger partial charge is 0.267 e. The molecule has 0 spiro atoms. The molecule has 0 aliphatic heterocycles. The number of aromatic nitrogens is 2. The molecule has 0 saturated heterocycles. The van der Waals surface area contributed by atoms with Gasteiger partial charge < -0.3 is 10.1 Å². The van der Waals surface area contributed by atoms with Crippen LogP contribution in [0.25, 0.3) is 11.3 Å². The Balaban J connectivity index is 1.52. The van der Waals surface area contributed by atoms with Gasteiger partial charge in [0, 0.05) is 17.3 Å². The third kappa shape index (κ3) is 4.98. The zero-order valence-corrected chi connectivity index (χ0v) is 18.2. The summed E-state index contributed by atoms with van der Waals surface area (Å²) in [6, 6.07) is 25.0. The van der Waals surface area contributed by atoms with Gasteiger partial charge in [0.25, 0.3) is 11.5 Å². The van der Waals surface area contributed by atoms with Crippen LogP contribution in [0.2, 0.25) is 0 Å². The summed E-state index contributed by atoms with van der Waals surface area (Å²) in [6.07, 6.45) is 0. The van der Waals surface area contributed by atoms with Crippen LogP contribution in [0.5, 0.6) is 11.5 Å². The zero-order valence-electron chi connectivity index (χ0n) is 18.2. The Morgan fingerprint density at radius 2 is 1.52 bits per heavy atom. The molecule has 0 unspecified atom stereocenters. The monoisotopic (exact) mass is 443 g/mol. The van der Waals surface area contributed by atoms with Gasteiger partial charge in [-0.25, -0.2) is 9.07 Å². The summed E-state index contributed by atoms with van der Waals surface area (Å²) in [5.41, 5.74) is -0.0658. The molecule has 1 aromatic heterocycles. The quantitative estimate of drug-likeness (QED) is 0.444. The molecule has 33 heavy (non-hydrogen) atoms. The Bertz CT molecular complexity index is 1320. The molecule has 6 nitrogen and oxygen atoms in total. The maximum Gasteiger partial charge on any atom is 0.267 e. The van der Waals surface area contributed by atoms with Gasteiger partial charge >= 0.3 is 0 Å². The summed E-state index contributed by atoms with van der Waals surface area (Å²) < 4.78 is 20.1. The maximum atomic E-state index is 13.2. The molecule has 1 N–H and O–H groups in total. The van der Waals surface area contributed by atoms with Crippen LogP contribution >= 0.6 is 0 Å². The van der Waals surface area contributed by atoms with Gasteiger partial charge in [-0.15, -0.1) is 0 Å². The first kappa shape index (κ1) is 22.0. The fourth-order valence-electron chi connectivity index (χ4n) is 3.20.